The van der Waals surface area contributed by atoms with Gasteiger partial charge in [0, 0.05) is 14.6 Å². The number of rotatable bonds is 5. The van der Waals surface area contributed by atoms with Crippen molar-refractivity contribution < 1.29 is 24.2 Å². The molecule has 1 heterocycles. The van der Waals surface area contributed by atoms with E-state index in [-0.39, 0.29) is 18.7 Å². The van der Waals surface area contributed by atoms with Gasteiger partial charge in [0.1, 0.15) is 5.60 Å². The number of hydrogen-bond acceptors (Lipinski definition) is 5. The second-order valence-electron chi connectivity index (χ2n) is 8.49. The molecular weight excluding hydrogens is 328 g/mol. The summed E-state index contributed by atoms with van der Waals surface area (Å²) in [5, 5.41) is 12.2. The van der Waals surface area contributed by atoms with Crippen LogP contribution in [0, 0.1) is 0 Å². The minimum atomic E-state index is -1.24. The summed E-state index contributed by atoms with van der Waals surface area (Å²) in [6.07, 6.45) is -0.460. The Hall–Kier alpha value is -1.28. The average molecular weight is 361 g/mol. The number of alkyl carbamates (subject to hydrolysis) is 1. The van der Waals surface area contributed by atoms with Gasteiger partial charge < -0.3 is 24.8 Å². The molecule has 0 aromatic heterocycles. The number of nitrogens with zero attached hydrogens (tertiary/aromatic N) is 1. The monoisotopic (exact) mass is 360 g/mol. The molecule has 2 unspecified atom stereocenters. The van der Waals surface area contributed by atoms with Crippen LogP contribution in [0.5, 0.6) is 0 Å². The summed E-state index contributed by atoms with van der Waals surface area (Å²) in [6.45, 7) is 12.6. The van der Waals surface area contributed by atoms with Crippen LogP contribution in [0.4, 0.5) is 9.59 Å². The third kappa shape index (κ3) is 7.52. The summed E-state index contributed by atoms with van der Waals surface area (Å²) in [6, 6.07) is 0.315. The SMILES string of the molecule is CC(C)(C)OC(=O)N1CC(NC(=O)OCC[Si](C)(C)C)CC1CO. The van der Waals surface area contributed by atoms with Crippen molar-refractivity contribution in [3.8, 4) is 0 Å². The van der Waals surface area contributed by atoms with Crippen LogP contribution in [-0.4, -0.2) is 67.7 Å². The van der Waals surface area contributed by atoms with E-state index in [1.807, 2.05) is 0 Å². The summed E-state index contributed by atoms with van der Waals surface area (Å²) >= 11 is 0. The summed E-state index contributed by atoms with van der Waals surface area (Å²) in [4.78, 5) is 25.5. The number of carbonyl (C=O) groups excluding carboxylic acids is 2. The molecule has 0 aliphatic carbocycles. The number of ether oxygens (including phenoxy) is 2. The van der Waals surface area contributed by atoms with Gasteiger partial charge in [-0.15, -0.1) is 0 Å². The zero-order valence-corrected chi connectivity index (χ0v) is 16.7. The van der Waals surface area contributed by atoms with Crippen molar-refractivity contribution in [1.29, 1.82) is 0 Å². The maximum absolute atomic E-state index is 12.2. The molecule has 2 amide bonds. The zero-order chi connectivity index (χ0) is 18.5. The van der Waals surface area contributed by atoms with Crippen molar-refractivity contribution in [1.82, 2.24) is 10.2 Å². The highest BCUT2D eigenvalue weighted by Gasteiger charge is 2.38. The first-order valence-electron chi connectivity index (χ1n) is 8.45. The third-order valence-electron chi connectivity index (χ3n) is 3.66. The summed E-state index contributed by atoms with van der Waals surface area (Å²) in [5.41, 5.74) is -0.599. The highest BCUT2D eigenvalue weighted by molar-refractivity contribution is 6.76. The Balaban J connectivity index is 2.48. The standard InChI is InChI=1S/C16H32N2O5Si/c1-16(2,3)23-15(21)18-10-12(9-13(18)11-19)17-14(20)22-7-8-24(4,5)6/h12-13,19H,7-11H2,1-6H3,(H,17,20). The molecule has 0 saturated carbocycles. The highest BCUT2D eigenvalue weighted by atomic mass is 28.3. The van der Waals surface area contributed by atoms with E-state index >= 15 is 0 Å². The van der Waals surface area contributed by atoms with Crippen LogP contribution in [-0.2, 0) is 9.47 Å². The van der Waals surface area contributed by atoms with E-state index in [0.29, 0.717) is 19.6 Å². The molecule has 2 atom stereocenters. The minimum absolute atomic E-state index is 0.165. The molecule has 1 aliphatic heterocycles. The molecular formula is C16H32N2O5Si. The lowest BCUT2D eigenvalue weighted by atomic mass is 10.2. The Bertz CT molecular complexity index is 445. The van der Waals surface area contributed by atoms with E-state index in [1.54, 1.807) is 20.8 Å². The molecule has 1 fully saturated rings. The quantitative estimate of drug-likeness (QED) is 0.735. The van der Waals surface area contributed by atoms with Crippen LogP contribution >= 0.6 is 0 Å². The Kier molecular flexibility index (Phi) is 7.09. The van der Waals surface area contributed by atoms with E-state index in [0.717, 1.165) is 6.04 Å². The van der Waals surface area contributed by atoms with Gasteiger partial charge in [-0.05, 0) is 33.2 Å². The molecule has 24 heavy (non-hydrogen) atoms. The first kappa shape index (κ1) is 20.8. The fraction of sp³-hybridized carbons (Fsp3) is 0.875. The van der Waals surface area contributed by atoms with E-state index in [2.05, 4.69) is 25.0 Å². The van der Waals surface area contributed by atoms with Crippen LogP contribution in [0.3, 0.4) is 0 Å². The molecule has 7 nitrogen and oxygen atoms in total. The number of aliphatic hydroxyl groups excluding tert-OH is 1. The molecule has 8 heteroatoms. The van der Waals surface area contributed by atoms with Gasteiger partial charge in [-0.3, -0.25) is 0 Å². The summed E-state index contributed by atoms with van der Waals surface area (Å²) < 4.78 is 10.6. The lowest BCUT2D eigenvalue weighted by Gasteiger charge is -2.27. The number of likely N-dealkylation sites (tertiary alicyclic amines) is 1. The van der Waals surface area contributed by atoms with Gasteiger partial charge in [0.25, 0.3) is 0 Å². The molecule has 1 aliphatic rings. The second-order valence-corrected chi connectivity index (χ2v) is 14.1. The van der Waals surface area contributed by atoms with Crippen molar-refractivity contribution in [2.75, 3.05) is 19.8 Å². The Morgan fingerprint density at radius 1 is 1.29 bits per heavy atom. The maximum atomic E-state index is 12.2. The molecule has 0 radical (unpaired) electrons. The minimum Gasteiger partial charge on any atom is -0.450 e. The van der Waals surface area contributed by atoms with Gasteiger partial charge in [-0.2, -0.15) is 0 Å². The van der Waals surface area contributed by atoms with Crippen LogP contribution in [0.1, 0.15) is 27.2 Å². The van der Waals surface area contributed by atoms with Gasteiger partial charge in [-0.1, -0.05) is 19.6 Å². The number of aliphatic hydroxyl groups is 1. The van der Waals surface area contributed by atoms with Gasteiger partial charge >= 0.3 is 12.2 Å². The Morgan fingerprint density at radius 2 is 1.92 bits per heavy atom. The van der Waals surface area contributed by atoms with Crippen LogP contribution in [0.15, 0.2) is 0 Å². The number of nitrogens with one attached hydrogen (secondary N) is 1. The average Bonchev–Trinajstić information content (AvgIpc) is 2.78. The fourth-order valence-corrected chi connectivity index (χ4v) is 3.11. The van der Waals surface area contributed by atoms with Crippen molar-refractivity contribution >= 4 is 20.3 Å². The topological polar surface area (TPSA) is 88.1 Å². The molecule has 0 aromatic rings. The molecule has 140 valence electrons. The zero-order valence-electron chi connectivity index (χ0n) is 15.7. The Labute approximate surface area is 145 Å². The van der Waals surface area contributed by atoms with Gasteiger partial charge in [0.15, 0.2) is 0 Å². The first-order chi connectivity index (χ1) is 10.9. The molecule has 2 N–H and O–H groups in total. The van der Waals surface area contributed by atoms with Crippen LogP contribution in [0.2, 0.25) is 25.7 Å². The first-order valence-corrected chi connectivity index (χ1v) is 12.2. The summed E-state index contributed by atoms with van der Waals surface area (Å²) in [5.74, 6) is 0. The van der Waals surface area contributed by atoms with Gasteiger partial charge in [0.05, 0.1) is 25.3 Å². The van der Waals surface area contributed by atoms with Crippen LogP contribution in [0.25, 0.3) is 0 Å². The maximum Gasteiger partial charge on any atom is 0.410 e. The smallest absolute Gasteiger partial charge is 0.410 e. The molecule has 1 saturated heterocycles. The molecule has 0 aromatic carbocycles. The van der Waals surface area contributed by atoms with E-state index < -0.39 is 25.9 Å². The largest absolute Gasteiger partial charge is 0.450 e. The number of hydrogen-bond donors (Lipinski definition) is 2. The lowest BCUT2D eigenvalue weighted by molar-refractivity contribution is 0.0173. The lowest BCUT2D eigenvalue weighted by Crippen LogP contribution is -2.43. The van der Waals surface area contributed by atoms with Crippen molar-refractivity contribution in [3.05, 3.63) is 0 Å². The predicted molar refractivity (Wildman–Crippen MR) is 94.9 cm³/mol. The normalized spacial score (nSPS) is 21.5. The van der Waals surface area contributed by atoms with E-state index in [4.69, 9.17) is 9.47 Å². The highest BCUT2D eigenvalue weighted by Crippen LogP contribution is 2.21. The fourth-order valence-electron chi connectivity index (χ4n) is 2.40. The van der Waals surface area contributed by atoms with Crippen molar-refractivity contribution in [2.45, 2.75) is 70.6 Å². The third-order valence-corrected chi connectivity index (χ3v) is 5.36. The predicted octanol–water partition coefficient (Wildman–Crippen LogP) is 2.42. The molecule has 0 spiro atoms. The number of amides is 2. The van der Waals surface area contributed by atoms with Crippen molar-refractivity contribution in [2.24, 2.45) is 0 Å². The number of carbonyl (C=O) groups is 2. The second kappa shape index (κ2) is 8.20. The van der Waals surface area contributed by atoms with Crippen molar-refractivity contribution in [3.63, 3.8) is 0 Å². The molecule has 1 rings (SSSR count). The van der Waals surface area contributed by atoms with E-state index in [9.17, 15) is 14.7 Å². The van der Waals surface area contributed by atoms with Crippen LogP contribution < -0.4 is 5.32 Å². The molecule has 0 bridgehead atoms. The van der Waals surface area contributed by atoms with Gasteiger partial charge in [-0.25, -0.2) is 9.59 Å². The van der Waals surface area contributed by atoms with E-state index in [1.165, 1.54) is 4.90 Å². The Morgan fingerprint density at radius 3 is 2.42 bits per heavy atom. The summed E-state index contributed by atoms with van der Waals surface area (Å²) in [7, 11) is -1.24. The van der Waals surface area contributed by atoms with Gasteiger partial charge in [0.2, 0.25) is 0 Å².